The minimum absolute atomic E-state index is 0.0555. The summed E-state index contributed by atoms with van der Waals surface area (Å²) in [4.78, 5) is 14.9. The average molecular weight is 345 g/mol. The average Bonchev–Trinajstić information content (AvgIpc) is 3.13. The van der Waals surface area contributed by atoms with Gasteiger partial charge in [-0.3, -0.25) is 4.79 Å². The zero-order chi connectivity index (χ0) is 16.5. The lowest BCUT2D eigenvalue weighted by Gasteiger charge is -2.14. The molecule has 2 aliphatic rings. The smallest absolute Gasteiger partial charge is 0.254 e. The van der Waals surface area contributed by atoms with Crippen LogP contribution in [0.15, 0.2) is 36.7 Å². The summed E-state index contributed by atoms with van der Waals surface area (Å²) < 4.78 is 1.69. The number of aromatic nitrogens is 2. The number of nitrogens with one attached hydrogen (secondary N) is 1. The Morgan fingerprint density at radius 3 is 2.79 bits per heavy atom. The fraction of sp³-hybridized carbons (Fsp3) is 0.444. The van der Waals surface area contributed by atoms with Crippen LogP contribution >= 0.6 is 11.6 Å². The van der Waals surface area contributed by atoms with Crippen molar-refractivity contribution in [2.75, 3.05) is 19.6 Å². The van der Waals surface area contributed by atoms with E-state index in [1.165, 1.54) is 25.8 Å². The highest BCUT2D eigenvalue weighted by Gasteiger charge is 2.34. The topological polar surface area (TPSA) is 50.2 Å². The fourth-order valence-corrected chi connectivity index (χ4v) is 3.44. The molecule has 1 aromatic carbocycles. The maximum absolute atomic E-state index is 12.3. The number of carbonyl (C=O) groups is 1. The molecule has 24 heavy (non-hydrogen) atoms. The van der Waals surface area contributed by atoms with Crippen LogP contribution in [0.5, 0.6) is 0 Å². The standard InChI is InChI=1S/C18H21ClN4O/c19-15-1-3-17(4-2-15)23-12-14(10-21-23)18(24)20-9-13-7-8-22(11-13)16-5-6-16/h1-4,10,12-13,16H,5-9,11H2,(H,20,24)/t13-/m0/s1. The summed E-state index contributed by atoms with van der Waals surface area (Å²) >= 11 is 5.89. The summed E-state index contributed by atoms with van der Waals surface area (Å²) in [6, 6.07) is 8.20. The highest BCUT2D eigenvalue weighted by Crippen LogP contribution is 2.31. The Bertz CT molecular complexity index is 723. The number of carbonyl (C=O) groups excluding carboxylic acids is 1. The molecule has 126 valence electrons. The molecule has 1 saturated carbocycles. The second-order valence-corrected chi connectivity index (χ2v) is 7.18. The van der Waals surface area contributed by atoms with E-state index in [2.05, 4.69) is 15.3 Å². The minimum Gasteiger partial charge on any atom is -0.352 e. The van der Waals surface area contributed by atoms with Crippen LogP contribution in [-0.2, 0) is 0 Å². The third-order valence-corrected chi connectivity index (χ3v) is 5.12. The van der Waals surface area contributed by atoms with E-state index in [0.717, 1.165) is 24.8 Å². The van der Waals surface area contributed by atoms with E-state index in [1.54, 1.807) is 17.1 Å². The largest absolute Gasteiger partial charge is 0.352 e. The van der Waals surface area contributed by atoms with Crippen LogP contribution in [0.4, 0.5) is 0 Å². The molecule has 1 aliphatic heterocycles. The molecule has 4 rings (SSSR count). The Morgan fingerprint density at radius 1 is 1.25 bits per heavy atom. The highest BCUT2D eigenvalue weighted by molar-refractivity contribution is 6.30. The van der Waals surface area contributed by atoms with Gasteiger partial charge in [0.15, 0.2) is 0 Å². The number of rotatable bonds is 5. The van der Waals surface area contributed by atoms with Gasteiger partial charge in [0.1, 0.15) is 0 Å². The van der Waals surface area contributed by atoms with E-state index in [4.69, 9.17) is 11.6 Å². The second kappa shape index (κ2) is 6.57. The van der Waals surface area contributed by atoms with Gasteiger partial charge in [0.25, 0.3) is 5.91 Å². The van der Waals surface area contributed by atoms with E-state index in [9.17, 15) is 4.79 Å². The van der Waals surface area contributed by atoms with Gasteiger partial charge in [-0.25, -0.2) is 4.68 Å². The van der Waals surface area contributed by atoms with Crippen LogP contribution in [0.25, 0.3) is 5.69 Å². The molecule has 1 aromatic heterocycles. The maximum atomic E-state index is 12.3. The second-order valence-electron chi connectivity index (χ2n) is 6.74. The van der Waals surface area contributed by atoms with Crippen LogP contribution in [-0.4, -0.2) is 46.3 Å². The summed E-state index contributed by atoms with van der Waals surface area (Å²) in [6.45, 7) is 3.04. The summed E-state index contributed by atoms with van der Waals surface area (Å²) in [5.74, 6) is 0.515. The van der Waals surface area contributed by atoms with E-state index in [-0.39, 0.29) is 5.91 Å². The maximum Gasteiger partial charge on any atom is 0.254 e. The first kappa shape index (κ1) is 15.7. The number of likely N-dealkylation sites (tertiary alicyclic amines) is 1. The Kier molecular flexibility index (Phi) is 4.29. The number of benzene rings is 1. The SMILES string of the molecule is O=C(NC[C@@H]1CCN(C2CC2)C1)c1cnn(-c2ccc(Cl)cc2)c1. The number of halogens is 1. The molecule has 5 nitrogen and oxygen atoms in total. The quantitative estimate of drug-likeness (QED) is 0.907. The van der Waals surface area contributed by atoms with Gasteiger partial charge in [0.05, 0.1) is 17.4 Å². The van der Waals surface area contributed by atoms with Gasteiger partial charge in [-0.1, -0.05) is 11.6 Å². The lowest BCUT2D eigenvalue weighted by molar-refractivity contribution is 0.0947. The van der Waals surface area contributed by atoms with Crippen molar-refractivity contribution in [1.29, 1.82) is 0 Å². The first-order valence-corrected chi connectivity index (χ1v) is 8.90. The summed E-state index contributed by atoms with van der Waals surface area (Å²) in [7, 11) is 0. The van der Waals surface area contributed by atoms with Gasteiger partial charge in [-0.15, -0.1) is 0 Å². The van der Waals surface area contributed by atoms with Gasteiger partial charge in [0.2, 0.25) is 0 Å². The van der Waals surface area contributed by atoms with Crippen LogP contribution < -0.4 is 5.32 Å². The first-order valence-electron chi connectivity index (χ1n) is 8.52. The van der Waals surface area contributed by atoms with Crippen molar-refractivity contribution in [3.63, 3.8) is 0 Å². The molecule has 1 N–H and O–H groups in total. The molecule has 1 saturated heterocycles. The fourth-order valence-electron chi connectivity index (χ4n) is 3.31. The van der Waals surface area contributed by atoms with Crippen LogP contribution in [0.3, 0.4) is 0 Å². The number of hydrogen-bond donors (Lipinski definition) is 1. The predicted octanol–water partition coefficient (Wildman–Crippen LogP) is 2.74. The van der Waals surface area contributed by atoms with Crippen molar-refractivity contribution < 1.29 is 4.79 Å². The summed E-state index contributed by atoms with van der Waals surface area (Å²) in [5.41, 5.74) is 1.47. The predicted molar refractivity (Wildman–Crippen MR) is 93.6 cm³/mol. The van der Waals surface area contributed by atoms with Gasteiger partial charge in [-0.05, 0) is 56.0 Å². The van der Waals surface area contributed by atoms with Gasteiger partial charge in [0, 0.05) is 30.4 Å². The van der Waals surface area contributed by atoms with Crippen molar-refractivity contribution in [3.8, 4) is 5.69 Å². The first-order chi connectivity index (χ1) is 11.7. The van der Waals surface area contributed by atoms with E-state index < -0.39 is 0 Å². The van der Waals surface area contributed by atoms with Gasteiger partial charge >= 0.3 is 0 Å². The zero-order valence-corrected chi connectivity index (χ0v) is 14.2. The highest BCUT2D eigenvalue weighted by atomic mass is 35.5. The van der Waals surface area contributed by atoms with Crippen molar-refractivity contribution in [3.05, 3.63) is 47.2 Å². The van der Waals surface area contributed by atoms with Crippen LogP contribution in [0, 0.1) is 5.92 Å². The molecule has 0 unspecified atom stereocenters. The van der Waals surface area contributed by atoms with Crippen molar-refractivity contribution >= 4 is 17.5 Å². The van der Waals surface area contributed by atoms with E-state index >= 15 is 0 Å². The molecular weight excluding hydrogens is 324 g/mol. The third kappa shape index (κ3) is 3.47. The lowest BCUT2D eigenvalue weighted by Crippen LogP contribution is -2.31. The Hall–Kier alpha value is -1.85. The Labute approximate surface area is 146 Å². The Balaban J connectivity index is 1.32. The summed E-state index contributed by atoms with van der Waals surface area (Å²) in [6.07, 6.45) is 7.24. The van der Waals surface area contributed by atoms with Crippen molar-refractivity contribution in [2.24, 2.45) is 5.92 Å². The van der Waals surface area contributed by atoms with Gasteiger partial charge < -0.3 is 10.2 Å². The molecule has 2 fully saturated rings. The molecule has 1 amide bonds. The molecule has 0 spiro atoms. The monoisotopic (exact) mass is 344 g/mol. The molecule has 2 heterocycles. The molecule has 1 aliphatic carbocycles. The van der Waals surface area contributed by atoms with Gasteiger partial charge in [-0.2, -0.15) is 5.10 Å². The molecule has 0 radical (unpaired) electrons. The van der Waals surface area contributed by atoms with E-state index in [0.29, 0.717) is 16.5 Å². The molecule has 0 bridgehead atoms. The molecular formula is C18H21ClN4O. The minimum atomic E-state index is -0.0555. The number of amides is 1. The van der Waals surface area contributed by atoms with E-state index in [1.807, 2.05) is 24.3 Å². The zero-order valence-electron chi connectivity index (χ0n) is 13.5. The van der Waals surface area contributed by atoms with Crippen molar-refractivity contribution in [1.82, 2.24) is 20.0 Å². The van der Waals surface area contributed by atoms with Crippen LogP contribution in [0.1, 0.15) is 29.6 Å². The molecule has 2 aromatic rings. The lowest BCUT2D eigenvalue weighted by atomic mass is 10.1. The third-order valence-electron chi connectivity index (χ3n) is 4.87. The van der Waals surface area contributed by atoms with Crippen LogP contribution in [0.2, 0.25) is 5.02 Å². The summed E-state index contributed by atoms with van der Waals surface area (Å²) in [5, 5.41) is 8.00. The molecule has 6 heteroatoms. The number of hydrogen-bond acceptors (Lipinski definition) is 3. The Morgan fingerprint density at radius 2 is 2.04 bits per heavy atom. The molecule has 1 atom stereocenters. The number of nitrogens with zero attached hydrogens (tertiary/aromatic N) is 3. The normalized spacial score (nSPS) is 21.1. The van der Waals surface area contributed by atoms with Crippen molar-refractivity contribution in [2.45, 2.75) is 25.3 Å².